The van der Waals surface area contributed by atoms with Gasteiger partial charge in [0.1, 0.15) is 0 Å². The van der Waals surface area contributed by atoms with Crippen molar-refractivity contribution in [1.29, 1.82) is 0 Å². The van der Waals surface area contributed by atoms with Crippen molar-refractivity contribution >= 4 is 0 Å². The van der Waals surface area contributed by atoms with Gasteiger partial charge in [-0.05, 0) is 30.0 Å². The molecule has 2 N–H and O–H groups in total. The van der Waals surface area contributed by atoms with Crippen LogP contribution in [0, 0.1) is 6.92 Å². The molecule has 0 aliphatic carbocycles. The van der Waals surface area contributed by atoms with Gasteiger partial charge in [0.15, 0.2) is 0 Å². The van der Waals surface area contributed by atoms with E-state index in [2.05, 4.69) is 62.4 Å². The van der Waals surface area contributed by atoms with Gasteiger partial charge in [-0.1, -0.05) is 61.0 Å². The highest BCUT2D eigenvalue weighted by atomic mass is 14.6. The normalized spacial score (nSPS) is 12.4. The summed E-state index contributed by atoms with van der Waals surface area (Å²) < 4.78 is 0. The van der Waals surface area contributed by atoms with Gasteiger partial charge in [0.2, 0.25) is 0 Å². The summed E-state index contributed by atoms with van der Waals surface area (Å²) in [5.74, 6) is 0. The molecule has 1 nitrogen and oxygen atoms in total. The van der Waals surface area contributed by atoms with E-state index in [1.165, 1.54) is 22.3 Å². The fourth-order valence-corrected chi connectivity index (χ4v) is 2.11. The van der Waals surface area contributed by atoms with Gasteiger partial charge in [-0.15, -0.1) is 0 Å². The zero-order valence-electron chi connectivity index (χ0n) is 10.5. The molecule has 0 aliphatic heterocycles. The van der Waals surface area contributed by atoms with E-state index in [0.29, 0.717) is 0 Å². The van der Waals surface area contributed by atoms with Gasteiger partial charge in [-0.3, -0.25) is 0 Å². The Labute approximate surface area is 103 Å². The van der Waals surface area contributed by atoms with Crippen LogP contribution in [0.5, 0.6) is 0 Å². The summed E-state index contributed by atoms with van der Waals surface area (Å²) in [6, 6.07) is 16.9. The average Bonchev–Trinajstić information content (AvgIpc) is 2.39. The first-order valence-corrected chi connectivity index (χ1v) is 6.12. The highest BCUT2D eigenvalue weighted by Crippen LogP contribution is 2.23. The van der Waals surface area contributed by atoms with Crippen molar-refractivity contribution < 1.29 is 0 Å². The number of hydrogen-bond donors (Lipinski definition) is 1. The van der Waals surface area contributed by atoms with Crippen LogP contribution in [0.25, 0.3) is 0 Å². The Balaban J connectivity index is 2.36. The molecule has 0 saturated heterocycles. The van der Waals surface area contributed by atoms with Gasteiger partial charge in [-0.2, -0.15) is 0 Å². The molecule has 0 spiro atoms. The van der Waals surface area contributed by atoms with Crippen LogP contribution >= 0.6 is 0 Å². The van der Waals surface area contributed by atoms with E-state index in [1.807, 2.05) is 0 Å². The summed E-state index contributed by atoms with van der Waals surface area (Å²) in [6.45, 7) is 4.26. The first-order valence-electron chi connectivity index (χ1n) is 6.12. The van der Waals surface area contributed by atoms with Crippen LogP contribution in [0.1, 0.15) is 35.2 Å². The minimum absolute atomic E-state index is 0.0215. The van der Waals surface area contributed by atoms with Crippen LogP contribution in [0.15, 0.2) is 48.5 Å². The van der Waals surface area contributed by atoms with Crippen LogP contribution in [0.4, 0.5) is 0 Å². The van der Waals surface area contributed by atoms with Crippen LogP contribution in [-0.2, 0) is 6.42 Å². The van der Waals surface area contributed by atoms with Gasteiger partial charge in [0.25, 0.3) is 0 Å². The smallest absolute Gasteiger partial charge is 0.0554 e. The van der Waals surface area contributed by atoms with Crippen molar-refractivity contribution in [2.75, 3.05) is 0 Å². The van der Waals surface area contributed by atoms with Crippen molar-refractivity contribution in [3.63, 3.8) is 0 Å². The Morgan fingerprint density at radius 3 is 2.29 bits per heavy atom. The van der Waals surface area contributed by atoms with Crippen molar-refractivity contribution in [2.24, 2.45) is 5.73 Å². The molecule has 0 bridgehead atoms. The lowest BCUT2D eigenvalue weighted by molar-refractivity contribution is 0.849. The lowest BCUT2D eigenvalue weighted by atomic mass is 9.94. The van der Waals surface area contributed by atoms with Crippen molar-refractivity contribution in [2.45, 2.75) is 26.3 Å². The van der Waals surface area contributed by atoms with E-state index < -0.39 is 0 Å². The molecule has 1 heteroatoms. The molecular weight excluding hydrogens is 206 g/mol. The van der Waals surface area contributed by atoms with Crippen LogP contribution in [-0.4, -0.2) is 0 Å². The second-order valence-corrected chi connectivity index (χ2v) is 4.44. The van der Waals surface area contributed by atoms with Crippen molar-refractivity contribution in [1.82, 2.24) is 0 Å². The maximum atomic E-state index is 6.34. The molecule has 0 fully saturated rings. The predicted octanol–water partition coefficient (Wildman–Crippen LogP) is 3.61. The molecule has 0 heterocycles. The highest BCUT2D eigenvalue weighted by molar-refractivity contribution is 5.37. The van der Waals surface area contributed by atoms with E-state index in [1.54, 1.807) is 0 Å². The average molecular weight is 225 g/mol. The maximum absolute atomic E-state index is 6.34. The summed E-state index contributed by atoms with van der Waals surface area (Å²) in [5, 5.41) is 0. The van der Waals surface area contributed by atoms with E-state index in [-0.39, 0.29) is 6.04 Å². The molecule has 2 aromatic carbocycles. The quantitative estimate of drug-likeness (QED) is 0.848. The molecule has 1 unspecified atom stereocenters. The second kappa shape index (κ2) is 5.15. The molecule has 17 heavy (non-hydrogen) atoms. The Bertz CT molecular complexity index is 485. The summed E-state index contributed by atoms with van der Waals surface area (Å²) in [6.07, 6.45) is 1.02. The largest absolute Gasteiger partial charge is 0.320 e. The maximum Gasteiger partial charge on any atom is 0.0554 e. The fraction of sp³-hybridized carbons (Fsp3) is 0.250. The van der Waals surface area contributed by atoms with Crippen LogP contribution in [0.2, 0.25) is 0 Å². The molecule has 0 radical (unpaired) electrons. The molecule has 0 aliphatic rings. The summed E-state index contributed by atoms with van der Waals surface area (Å²) >= 11 is 0. The Kier molecular flexibility index (Phi) is 3.60. The monoisotopic (exact) mass is 225 g/mol. The van der Waals surface area contributed by atoms with E-state index in [0.717, 1.165) is 6.42 Å². The minimum atomic E-state index is -0.0215. The molecule has 0 saturated carbocycles. The van der Waals surface area contributed by atoms with Crippen molar-refractivity contribution in [3.05, 3.63) is 70.8 Å². The van der Waals surface area contributed by atoms with Gasteiger partial charge in [0.05, 0.1) is 6.04 Å². The van der Waals surface area contributed by atoms with E-state index in [4.69, 9.17) is 5.73 Å². The SMILES string of the molecule is CCc1ccccc1C(N)c1ccc(C)cc1. The first-order chi connectivity index (χ1) is 8.22. The number of hydrogen-bond acceptors (Lipinski definition) is 1. The zero-order chi connectivity index (χ0) is 12.3. The molecular formula is C16H19N. The lowest BCUT2D eigenvalue weighted by Crippen LogP contribution is -2.13. The molecule has 2 aromatic rings. The third-order valence-electron chi connectivity index (χ3n) is 3.21. The van der Waals surface area contributed by atoms with Gasteiger partial charge in [0, 0.05) is 0 Å². The van der Waals surface area contributed by atoms with Crippen molar-refractivity contribution in [3.8, 4) is 0 Å². The summed E-state index contributed by atoms with van der Waals surface area (Å²) in [4.78, 5) is 0. The lowest BCUT2D eigenvalue weighted by Gasteiger charge is -2.16. The molecule has 1 atom stereocenters. The van der Waals surface area contributed by atoms with Gasteiger partial charge in [-0.25, -0.2) is 0 Å². The number of rotatable bonds is 3. The highest BCUT2D eigenvalue weighted by Gasteiger charge is 2.11. The number of nitrogens with two attached hydrogens (primary N) is 1. The molecule has 88 valence electrons. The fourth-order valence-electron chi connectivity index (χ4n) is 2.11. The summed E-state index contributed by atoms with van der Waals surface area (Å²) in [5.41, 5.74) is 11.4. The van der Waals surface area contributed by atoms with Gasteiger partial charge < -0.3 is 5.73 Å². The minimum Gasteiger partial charge on any atom is -0.320 e. The zero-order valence-corrected chi connectivity index (χ0v) is 10.5. The Hall–Kier alpha value is -1.60. The standard InChI is InChI=1S/C16H19N/c1-3-13-6-4-5-7-15(13)16(17)14-10-8-12(2)9-11-14/h4-11,16H,3,17H2,1-2H3. The predicted molar refractivity (Wildman–Crippen MR) is 73.0 cm³/mol. The third kappa shape index (κ3) is 2.56. The Morgan fingerprint density at radius 2 is 1.65 bits per heavy atom. The Morgan fingerprint density at radius 1 is 1.00 bits per heavy atom. The number of benzene rings is 2. The first kappa shape index (κ1) is 11.9. The van der Waals surface area contributed by atoms with Gasteiger partial charge >= 0.3 is 0 Å². The summed E-state index contributed by atoms with van der Waals surface area (Å²) in [7, 11) is 0. The van der Waals surface area contributed by atoms with E-state index >= 15 is 0 Å². The van der Waals surface area contributed by atoms with Crippen LogP contribution < -0.4 is 5.73 Å². The molecule has 0 amide bonds. The topological polar surface area (TPSA) is 26.0 Å². The molecule has 2 rings (SSSR count). The van der Waals surface area contributed by atoms with E-state index in [9.17, 15) is 0 Å². The molecule has 0 aromatic heterocycles. The third-order valence-corrected chi connectivity index (χ3v) is 3.21. The van der Waals surface area contributed by atoms with Crippen LogP contribution in [0.3, 0.4) is 0 Å². The second-order valence-electron chi connectivity index (χ2n) is 4.44. The number of aryl methyl sites for hydroxylation is 2.